The molecule has 2 N–H and O–H groups in total. The third-order valence-corrected chi connectivity index (χ3v) is 4.00. The van der Waals surface area contributed by atoms with Crippen LogP contribution in [0.4, 0.5) is 18.9 Å². The Balaban J connectivity index is 2.11. The maximum Gasteiger partial charge on any atom is 0.416 e. The van der Waals surface area contributed by atoms with Crippen LogP contribution in [-0.4, -0.2) is 20.2 Å². The molecule has 156 valence electrons. The lowest BCUT2D eigenvalue weighted by Crippen LogP contribution is -2.16. The number of rotatable bonds is 9. The Labute approximate surface area is 166 Å². The van der Waals surface area contributed by atoms with Crippen molar-refractivity contribution in [2.75, 3.05) is 19.7 Å². The summed E-state index contributed by atoms with van der Waals surface area (Å²) in [6.45, 7) is 3.69. The summed E-state index contributed by atoms with van der Waals surface area (Å²) in [7, 11) is 2.72. The van der Waals surface area contributed by atoms with Crippen LogP contribution in [0.1, 0.15) is 22.3 Å². The molecule has 0 amide bonds. The van der Waals surface area contributed by atoms with Gasteiger partial charge in [0.25, 0.3) is 0 Å². The second kappa shape index (κ2) is 9.94. The second-order valence-electron chi connectivity index (χ2n) is 5.95. The summed E-state index contributed by atoms with van der Waals surface area (Å²) >= 11 is 0. The Morgan fingerprint density at radius 1 is 1.14 bits per heavy atom. The molecule has 0 aliphatic rings. The quantitative estimate of drug-likeness (QED) is 0.480. The number of methoxy groups -OCH3 is 1. The molecule has 6 nitrogen and oxygen atoms in total. The number of carbonyl (C=O) groups excluding carboxylic acids is 1. The first-order valence-electron chi connectivity index (χ1n) is 8.47. The Kier molecular flexibility index (Phi) is 7.63. The van der Waals surface area contributed by atoms with E-state index in [1.165, 1.54) is 26.4 Å². The molecule has 2 rings (SSSR count). The number of hydrogen-bond donors (Lipinski definition) is 2. The number of halogens is 3. The number of hydroxylamine groups is 1. The molecule has 2 aromatic rings. The number of anilines is 1. The highest BCUT2D eigenvalue weighted by atomic mass is 19.4. The SMILES string of the molecule is C=C(NOCc1c(CC(=O)OC)cccc1NOC)c1cccc(C(F)(F)F)c1. The third kappa shape index (κ3) is 6.23. The van der Waals surface area contributed by atoms with E-state index in [2.05, 4.69) is 17.5 Å². The first kappa shape index (κ1) is 22.3. The van der Waals surface area contributed by atoms with Gasteiger partial charge in [0.15, 0.2) is 0 Å². The number of benzene rings is 2. The van der Waals surface area contributed by atoms with E-state index in [1.807, 2.05) is 0 Å². The van der Waals surface area contributed by atoms with Gasteiger partial charge in [0.05, 0.1) is 37.6 Å². The summed E-state index contributed by atoms with van der Waals surface area (Å²) in [5.74, 6) is -0.429. The van der Waals surface area contributed by atoms with E-state index in [9.17, 15) is 18.0 Å². The van der Waals surface area contributed by atoms with Gasteiger partial charge in [-0.2, -0.15) is 13.2 Å². The van der Waals surface area contributed by atoms with Crippen LogP contribution in [0.25, 0.3) is 5.70 Å². The molecule has 0 spiro atoms. The van der Waals surface area contributed by atoms with E-state index >= 15 is 0 Å². The van der Waals surface area contributed by atoms with Gasteiger partial charge in [0.1, 0.15) is 6.61 Å². The molecule has 0 bridgehead atoms. The number of carbonyl (C=O) groups is 1. The maximum atomic E-state index is 12.9. The molecular formula is C20H21F3N2O4. The molecule has 29 heavy (non-hydrogen) atoms. The topological polar surface area (TPSA) is 68.8 Å². The van der Waals surface area contributed by atoms with Crippen molar-refractivity contribution in [2.24, 2.45) is 0 Å². The van der Waals surface area contributed by atoms with Crippen molar-refractivity contribution in [3.05, 3.63) is 71.3 Å². The van der Waals surface area contributed by atoms with E-state index in [1.54, 1.807) is 18.2 Å². The lowest BCUT2D eigenvalue weighted by Gasteiger charge is -2.16. The predicted octanol–water partition coefficient (Wildman–Crippen LogP) is 4.09. The minimum atomic E-state index is -4.45. The monoisotopic (exact) mass is 410 g/mol. The summed E-state index contributed by atoms with van der Waals surface area (Å²) in [5, 5.41) is 0. The van der Waals surface area contributed by atoms with Crippen LogP contribution in [0.5, 0.6) is 0 Å². The molecule has 0 radical (unpaired) electrons. The van der Waals surface area contributed by atoms with Crippen LogP contribution in [0.15, 0.2) is 49.0 Å². The van der Waals surface area contributed by atoms with Crippen molar-refractivity contribution in [3.8, 4) is 0 Å². The normalized spacial score (nSPS) is 11.1. The number of alkyl halides is 3. The largest absolute Gasteiger partial charge is 0.469 e. The zero-order chi connectivity index (χ0) is 21.4. The average Bonchev–Trinajstić information content (AvgIpc) is 2.69. The minimum Gasteiger partial charge on any atom is -0.469 e. The van der Waals surface area contributed by atoms with Crippen LogP contribution in [-0.2, 0) is 38.4 Å². The predicted molar refractivity (Wildman–Crippen MR) is 101 cm³/mol. The van der Waals surface area contributed by atoms with Crippen LogP contribution in [0, 0.1) is 0 Å². The van der Waals surface area contributed by atoms with Gasteiger partial charge in [-0.05, 0) is 29.3 Å². The fraction of sp³-hybridized carbons (Fsp3) is 0.250. The number of hydrogen-bond acceptors (Lipinski definition) is 6. The number of ether oxygens (including phenoxy) is 1. The van der Waals surface area contributed by atoms with Crippen LogP contribution < -0.4 is 11.0 Å². The van der Waals surface area contributed by atoms with Gasteiger partial charge in [0, 0.05) is 5.56 Å². The molecule has 0 atom stereocenters. The number of esters is 1. The summed E-state index contributed by atoms with van der Waals surface area (Å²) in [6.07, 6.45) is -4.44. The van der Waals surface area contributed by atoms with Gasteiger partial charge in [-0.3, -0.25) is 25.4 Å². The lowest BCUT2D eigenvalue weighted by atomic mass is 10.0. The Hall–Kier alpha value is -3.04. The molecule has 0 aliphatic heterocycles. The van der Waals surface area contributed by atoms with E-state index < -0.39 is 17.7 Å². The van der Waals surface area contributed by atoms with E-state index in [-0.39, 0.29) is 24.3 Å². The Bertz CT molecular complexity index is 869. The van der Waals surface area contributed by atoms with Crippen molar-refractivity contribution in [1.29, 1.82) is 0 Å². The smallest absolute Gasteiger partial charge is 0.416 e. The van der Waals surface area contributed by atoms with Gasteiger partial charge >= 0.3 is 12.1 Å². The van der Waals surface area contributed by atoms with E-state index in [0.29, 0.717) is 16.8 Å². The van der Waals surface area contributed by atoms with Gasteiger partial charge in [0.2, 0.25) is 0 Å². The van der Waals surface area contributed by atoms with E-state index in [0.717, 1.165) is 12.1 Å². The van der Waals surface area contributed by atoms with Crippen molar-refractivity contribution in [3.63, 3.8) is 0 Å². The van der Waals surface area contributed by atoms with Gasteiger partial charge in [-0.1, -0.05) is 30.8 Å². The molecule has 0 heterocycles. The molecule has 0 saturated carbocycles. The van der Waals surface area contributed by atoms with Crippen LogP contribution in [0.2, 0.25) is 0 Å². The highest BCUT2D eigenvalue weighted by Crippen LogP contribution is 2.30. The zero-order valence-electron chi connectivity index (χ0n) is 15.9. The Morgan fingerprint density at radius 3 is 2.52 bits per heavy atom. The number of nitrogens with one attached hydrogen (secondary N) is 2. The maximum absolute atomic E-state index is 12.9. The fourth-order valence-corrected chi connectivity index (χ4v) is 2.54. The Morgan fingerprint density at radius 2 is 1.86 bits per heavy atom. The standard InChI is InChI=1S/C20H21F3N2O4/c1-13(14-6-4-8-16(10-14)20(21,22)23)24-29-12-17-15(11-19(26)27-2)7-5-9-18(17)25-28-3/h4-10,24-25H,1,11-12H2,2-3H3. The highest BCUT2D eigenvalue weighted by Gasteiger charge is 2.30. The van der Waals surface area contributed by atoms with Gasteiger partial charge < -0.3 is 4.74 Å². The van der Waals surface area contributed by atoms with Crippen molar-refractivity contribution in [1.82, 2.24) is 5.48 Å². The fourth-order valence-electron chi connectivity index (χ4n) is 2.54. The lowest BCUT2D eigenvalue weighted by molar-refractivity contribution is -0.140. The molecule has 2 aromatic carbocycles. The van der Waals surface area contributed by atoms with Gasteiger partial charge in [-0.15, -0.1) is 0 Å². The summed E-state index contributed by atoms with van der Waals surface area (Å²) < 4.78 is 43.3. The zero-order valence-corrected chi connectivity index (χ0v) is 15.9. The van der Waals surface area contributed by atoms with E-state index in [4.69, 9.17) is 14.4 Å². The van der Waals surface area contributed by atoms with Crippen molar-refractivity contribution in [2.45, 2.75) is 19.2 Å². The molecule has 0 fully saturated rings. The average molecular weight is 410 g/mol. The molecule has 0 saturated heterocycles. The molecule has 0 unspecified atom stereocenters. The second-order valence-corrected chi connectivity index (χ2v) is 5.95. The van der Waals surface area contributed by atoms with Crippen LogP contribution in [0.3, 0.4) is 0 Å². The van der Waals surface area contributed by atoms with Crippen LogP contribution >= 0.6 is 0 Å². The molecule has 0 aliphatic carbocycles. The molecular weight excluding hydrogens is 389 g/mol. The highest BCUT2D eigenvalue weighted by molar-refractivity contribution is 5.74. The molecule has 0 aromatic heterocycles. The summed E-state index contributed by atoms with van der Waals surface area (Å²) in [5.41, 5.74) is 6.67. The third-order valence-electron chi connectivity index (χ3n) is 4.00. The van der Waals surface area contributed by atoms with Crippen molar-refractivity contribution >= 4 is 17.4 Å². The first-order valence-corrected chi connectivity index (χ1v) is 8.47. The van der Waals surface area contributed by atoms with Crippen molar-refractivity contribution < 1.29 is 32.4 Å². The van der Waals surface area contributed by atoms with Gasteiger partial charge in [-0.25, -0.2) is 0 Å². The molecule has 9 heteroatoms. The minimum absolute atomic E-state index is 0.0169. The summed E-state index contributed by atoms with van der Waals surface area (Å²) in [4.78, 5) is 22.0. The summed E-state index contributed by atoms with van der Waals surface area (Å²) in [6, 6.07) is 9.92. The first-order chi connectivity index (χ1) is 13.8.